The Kier molecular flexibility index (Phi) is 6.39. The monoisotopic (exact) mass is 418 g/mol. The average molecular weight is 419 g/mol. The Hall–Kier alpha value is -2.34. The normalized spacial score (nSPS) is 11.0. The zero-order valence-electron chi connectivity index (χ0n) is 15.6. The number of aryl methyl sites for hydroxylation is 1. The van der Waals surface area contributed by atoms with E-state index in [-0.39, 0.29) is 12.3 Å². The van der Waals surface area contributed by atoms with Gasteiger partial charge in [-0.3, -0.25) is 4.68 Å². The number of ether oxygens (including phenoxy) is 1. The van der Waals surface area contributed by atoms with Gasteiger partial charge < -0.3 is 9.84 Å². The van der Waals surface area contributed by atoms with Gasteiger partial charge in [-0.25, -0.2) is 4.79 Å². The van der Waals surface area contributed by atoms with Crippen molar-refractivity contribution in [1.29, 1.82) is 0 Å². The lowest BCUT2D eigenvalue weighted by atomic mass is 10.1. The lowest BCUT2D eigenvalue weighted by molar-refractivity contribution is 0.0681. The second kappa shape index (κ2) is 8.78. The first kappa shape index (κ1) is 20.4. The molecule has 0 saturated carbocycles. The summed E-state index contributed by atoms with van der Waals surface area (Å²) < 4.78 is 7.23. The first-order chi connectivity index (χ1) is 13.4. The molecule has 0 saturated heterocycles. The fourth-order valence-electron chi connectivity index (χ4n) is 3.04. The molecule has 0 amide bonds. The largest absolute Gasteiger partial charge is 0.476 e. The van der Waals surface area contributed by atoms with Gasteiger partial charge in [0, 0.05) is 27.8 Å². The van der Waals surface area contributed by atoms with E-state index in [1.54, 1.807) is 16.8 Å². The second-order valence-corrected chi connectivity index (χ2v) is 7.21. The average Bonchev–Trinajstić information content (AvgIpc) is 3.02. The van der Waals surface area contributed by atoms with Crippen molar-refractivity contribution in [2.24, 2.45) is 0 Å². The van der Waals surface area contributed by atoms with Crippen LogP contribution in [0.1, 0.15) is 34.1 Å². The van der Waals surface area contributed by atoms with Crippen molar-refractivity contribution in [3.8, 4) is 11.3 Å². The smallest absolute Gasteiger partial charge is 0.356 e. The van der Waals surface area contributed by atoms with Gasteiger partial charge in [-0.05, 0) is 43.2 Å². The highest BCUT2D eigenvalue weighted by Gasteiger charge is 2.24. The van der Waals surface area contributed by atoms with Crippen LogP contribution in [0.3, 0.4) is 0 Å². The minimum Gasteiger partial charge on any atom is -0.476 e. The number of carboxylic acid groups (broad SMARTS) is 1. The van der Waals surface area contributed by atoms with Gasteiger partial charge in [0.15, 0.2) is 5.69 Å². The maximum absolute atomic E-state index is 11.8. The van der Waals surface area contributed by atoms with Crippen molar-refractivity contribution < 1.29 is 14.6 Å². The summed E-state index contributed by atoms with van der Waals surface area (Å²) in [7, 11) is 0. The van der Waals surface area contributed by atoms with Crippen molar-refractivity contribution in [3.63, 3.8) is 0 Å². The number of halogens is 2. The third-order valence-corrected chi connectivity index (χ3v) is 5.05. The summed E-state index contributed by atoms with van der Waals surface area (Å²) in [6, 6.07) is 13.0. The van der Waals surface area contributed by atoms with Crippen molar-refractivity contribution in [1.82, 2.24) is 9.78 Å². The molecule has 1 aromatic heterocycles. The Balaban J connectivity index is 2.14. The Morgan fingerprint density at radius 2 is 1.89 bits per heavy atom. The predicted molar refractivity (Wildman–Crippen MR) is 110 cm³/mol. The van der Waals surface area contributed by atoms with Crippen LogP contribution >= 0.6 is 23.2 Å². The molecule has 0 aliphatic rings. The third-order valence-electron chi connectivity index (χ3n) is 4.38. The topological polar surface area (TPSA) is 64.3 Å². The molecule has 0 aliphatic carbocycles. The van der Waals surface area contributed by atoms with E-state index in [1.165, 1.54) is 0 Å². The molecule has 2 aromatic carbocycles. The Morgan fingerprint density at radius 1 is 1.18 bits per heavy atom. The number of hydrogen-bond acceptors (Lipinski definition) is 3. The fourth-order valence-corrected chi connectivity index (χ4v) is 3.28. The first-order valence-electron chi connectivity index (χ1n) is 8.82. The predicted octanol–water partition coefficient (Wildman–Crippen LogP) is 5.45. The van der Waals surface area contributed by atoms with Gasteiger partial charge >= 0.3 is 5.97 Å². The van der Waals surface area contributed by atoms with Crippen LogP contribution in [0.2, 0.25) is 10.0 Å². The minimum atomic E-state index is -1.09. The molecule has 3 aromatic rings. The fraction of sp³-hybridized carbons (Fsp3) is 0.238. The maximum Gasteiger partial charge on any atom is 0.356 e. The highest BCUT2D eigenvalue weighted by molar-refractivity contribution is 6.31. The van der Waals surface area contributed by atoms with Crippen molar-refractivity contribution >= 4 is 29.2 Å². The Morgan fingerprint density at radius 3 is 2.50 bits per heavy atom. The van der Waals surface area contributed by atoms with E-state index in [4.69, 9.17) is 27.9 Å². The molecule has 0 unspecified atom stereocenters. The standard InChI is InChI=1S/C21H20Cl2N2O3/c1-3-28-12-17-19(21(26)27)24-25(11-14-4-9-18(23)13(2)10-14)20(17)15-5-7-16(22)8-6-15/h4-10H,3,11-12H2,1-2H3,(H,26,27). The molecular formula is C21H20Cl2N2O3. The van der Waals surface area contributed by atoms with Gasteiger partial charge in [-0.2, -0.15) is 5.10 Å². The van der Waals surface area contributed by atoms with Crippen LogP contribution in [0.4, 0.5) is 0 Å². The number of benzene rings is 2. The zero-order chi connectivity index (χ0) is 20.3. The number of carboxylic acids is 1. The molecule has 7 heteroatoms. The zero-order valence-corrected chi connectivity index (χ0v) is 17.1. The van der Waals surface area contributed by atoms with E-state index < -0.39 is 5.97 Å². The van der Waals surface area contributed by atoms with Crippen LogP contribution in [0.25, 0.3) is 11.3 Å². The maximum atomic E-state index is 11.8. The lowest BCUT2D eigenvalue weighted by Gasteiger charge is -2.11. The summed E-state index contributed by atoms with van der Waals surface area (Å²) in [6.07, 6.45) is 0. The Labute approximate surface area is 173 Å². The van der Waals surface area contributed by atoms with Crippen LogP contribution < -0.4 is 0 Å². The summed E-state index contributed by atoms with van der Waals surface area (Å²) >= 11 is 12.2. The number of carbonyl (C=O) groups is 1. The highest BCUT2D eigenvalue weighted by Crippen LogP contribution is 2.30. The van der Waals surface area contributed by atoms with E-state index in [1.807, 2.05) is 44.2 Å². The van der Waals surface area contributed by atoms with Crippen LogP contribution in [0.15, 0.2) is 42.5 Å². The van der Waals surface area contributed by atoms with Gasteiger partial charge in [-0.15, -0.1) is 0 Å². The quantitative estimate of drug-likeness (QED) is 0.553. The summed E-state index contributed by atoms with van der Waals surface area (Å²) in [6.45, 7) is 4.83. The molecule has 0 aliphatic heterocycles. The molecule has 28 heavy (non-hydrogen) atoms. The van der Waals surface area contributed by atoms with Gasteiger partial charge in [-0.1, -0.05) is 47.5 Å². The molecular weight excluding hydrogens is 399 g/mol. The third kappa shape index (κ3) is 4.38. The highest BCUT2D eigenvalue weighted by atomic mass is 35.5. The van der Waals surface area contributed by atoms with E-state index in [2.05, 4.69) is 5.10 Å². The molecule has 146 valence electrons. The summed E-state index contributed by atoms with van der Waals surface area (Å²) in [5.74, 6) is -1.09. The van der Waals surface area contributed by atoms with Crippen LogP contribution in [0.5, 0.6) is 0 Å². The molecule has 0 bridgehead atoms. The number of aromatic nitrogens is 2. The van der Waals surface area contributed by atoms with Crippen LogP contribution in [-0.4, -0.2) is 27.5 Å². The summed E-state index contributed by atoms with van der Waals surface area (Å²) in [4.78, 5) is 11.8. The molecule has 0 radical (unpaired) electrons. The summed E-state index contributed by atoms with van der Waals surface area (Å²) in [5, 5.41) is 15.3. The molecule has 5 nitrogen and oxygen atoms in total. The second-order valence-electron chi connectivity index (χ2n) is 6.37. The van der Waals surface area contributed by atoms with E-state index in [9.17, 15) is 9.90 Å². The number of hydrogen-bond donors (Lipinski definition) is 1. The van der Waals surface area contributed by atoms with Crippen molar-refractivity contribution in [2.75, 3.05) is 6.61 Å². The van der Waals surface area contributed by atoms with Crippen LogP contribution in [0, 0.1) is 6.92 Å². The first-order valence-corrected chi connectivity index (χ1v) is 9.58. The van der Waals surface area contributed by atoms with Gasteiger partial charge in [0.25, 0.3) is 0 Å². The van der Waals surface area contributed by atoms with Crippen molar-refractivity contribution in [3.05, 3.63) is 74.9 Å². The molecule has 1 heterocycles. The van der Waals surface area contributed by atoms with Crippen molar-refractivity contribution in [2.45, 2.75) is 27.0 Å². The molecule has 0 spiro atoms. The number of rotatable bonds is 7. The Bertz CT molecular complexity index is 998. The SMILES string of the molecule is CCOCc1c(C(=O)O)nn(Cc2ccc(Cl)c(C)c2)c1-c1ccc(Cl)cc1. The number of nitrogens with zero attached hydrogens (tertiary/aromatic N) is 2. The number of aromatic carboxylic acids is 1. The lowest BCUT2D eigenvalue weighted by Crippen LogP contribution is -2.06. The minimum absolute atomic E-state index is 0.0101. The van der Waals surface area contributed by atoms with Crippen LogP contribution in [-0.2, 0) is 17.9 Å². The van der Waals surface area contributed by atoms with Gasteiger partial charge in [0.1, 0.15) is 0 Å². The van der Waals surface area contributed by atoms with E-state index in [0.717, 1.165) is 16.7 Å². The van der Waals surface area contributed by atoms with E-state index in [0.29, 0.717) is 34.5 Å². The van der Waals surface area contributed by atoms with Gasteiger partial charge in [0.2, 0.25) is 0 Å². The molecule has 0 fully saturated rings. The van der Waals surface area contributed by atoms with Gasteiger partial charge in [0.05, 0.1) is 18.8 Å². The summed E-state index contributed by atoms with van der Waals surface area (Å²) in [5.41, 5.74) is 3.98. The molecule has 1 N–H and O–H groups in total. The molecule has 3 rings (SSSR count). The van der Waals surface area contributed by atoms with E-state index >= 15 is 0 Å². The molecule has 0 atom stereocenters.